The fourth-order valence-electron chi connectivity index (χ4n) is 12.0. The van der Waals surface area contributed by atoms with Gasteiger partial charge in [0.1, 0.15) is 22.0 Å². The number of aromatic nitrogens is 3. The van der Waals surface area contributed by atoms with E-state index in [4.69, 9.17) is 9.10 Å². The highest BCUT2D eigenvalue weighted by Gasteiger charge is 2.50. The number of piperidine rings is 1. The molecule has 3 aromatic heterocycles. The summed E-state index contributed by atoms with van der Waals surface area (Å²) in [5.41, 5.74) is 4.39. The van der Waals surface area contributed by atoms with Gasteiger partial charge < -0.3 is 24.8 Å². The predicted octanol–water partition coefficient (Wildman–Crippen LogP) is 8.62. The molecule has 17 nitrogen and oxygen atoms in total. The fraction of sp³-hybridized carbons (Fsp3) is 0.519. The van der Waals surface area contributed by atoms with E-state index < -0.39 is 41.2 Å². The first-order valence-corrected chi connectivity index (χ1v) is 28.8. The molecule has 11 rings (SSSR count). The quantitative estimate of drug-likeness (QED) is 0.0704. The van der Waals surface area contributed by atoms with E-state index in [1.165, 1.54) is 45.1 Å². The summed E-state index contributed by atoms with van der Waals surface area (Å²) in [6.45, 7) is 4.80. The first-order valence-electron chi connectivity index (χ1n) is 25.5. The lowest BCUT2D eigenvalue weighted by atomic mass is 9.59. The molecule has 1 amide bonds. The van der Waals surface area contributed by atoms with Gasteiger partial charge in [-0.15, -0.1) is 0 Å². The molecule has 1 atom stereocenters. The summed E-state index contributed by atoms with van der Waals surface area (Å²) in [6, 6.07) is 20.0. The number of hydrogen-bond donors (Lipinski definition) is 3. The molecule has 6 fully saturated rings. The number of carbonyl (C=O) groups excluding carboxylic acids is 1. The molecule has 3 saturated carbocycles. The standard InChI is InChI=1S/C52H64N10O7S2/c1-59-23-25-70(66,26-24-59)57-38-12-8-35(9-13-38)32-54-50-47(62(64)65)29-42(34-56-50)71(67,68)58-51(63)45-15-14-39(28-48(45)69-41-27-37-16-19-53-49(37)55-33-41)60-21-17-52(18-22-60)30-40(31-52)61-20-4-7-46(61)44-6-3-2-5-43(44)36-10-11-36/h2-3,5-6,14-16,19,27-29,33-36,38,40,46H,4,7-13,17-18,20-26,30-32H2,1H3,(H,53,55)(H,54,56)(H,58,63)/t35?,38?,46-/m1/s1. The maximum atomic E-state index is 14.1. The summed E-state index contributed by atoms with van der Waals surface area (Å²) in [5.74, 6) is 1.59. The van der Waals surface area contributed by atoms with Crippen molar-refractivity contribution in [3.05, 3.63) is 106 Å². The van der Waals surface area contributed by atoms with E-state index in [-0.39, 0.29) is 29.1 Å². The summed E-state index contributed by atoms with van der Waals surface area (Å²) < 4.78 is 54.3. The van der Waals surface area contributed by atoms with E-state index in [9.17, 15) is 27.5 Å². The number of ether oxygens (including phenoxy) is 1. The maximum absolute atomic E-state index is 14.1. The molecule has 3 aliphatic carbocycles. The number of anilines is 2. The molecule has 2 aromatic carbocycles. The fourth-order valence-corrected chi connectivity index (χ4v) is 15.3. The number of aromatic amines is 1. The van der Waals surface area contributed by atoms with Gasteiger partial charge in [0, 0.05) is 95.4 Å². The Hall–Kier alpha value is -5.63. The Balaban J connectivity index is 0.751. The van der Waals surface area contributed by atoms with E-state index in [0.29, 0.717) is 46.9 Å². The number of fused-ring (bicyclic) bond motifs is 1. The van der Waals surface area contributed by atoms with Crippen molar-refractivity contribution >= 4 is 53.9 Å². The van der Waals surface area contributed by atoms with Gasteiger partial charge >= 0.3 is 5.69 Å². The van der Waals surface area contributed by atoms with Crippen LogP contribution in [-0.2, 0) is 19.8 Å². The molecule has 6 heterocycles. The molecular weight excluding hydrogens is 941 g/mol. The van der Waals surface area contributed by atoms with Crippen molar-refractivity contribution in [3.8, 4) is 11.5 Å². The SMILES string of the molecule is CN1CCS(=O)(=NC2CCC(CNc3ncc(S(=O)(=O)NC(=O)c4ccc(N5CCC6(CC5)CC(N5CCC[C@@H]5c5ccccc5C5CC5)C6)cc4Oc4cnc5[nH]ccc5c4)cc3[N+](=O)[O-])CC2)CC1. The smallest absolute Gasteiger partial charge is 0.312 e. The zero-order valence-corrected chi connectivity index (χ0v) is 42.0. The molecule has 3 aliphatic heterocycles. The van der Waals surface area contributed by atoms with Crippen LogP contribution >= 0.6 is 0 Å². The van der Waals surface area contributed by atoms with Crippen LogP contribution in [0.25, 0.3) is 11.0 Å². The molecule has 19 heteroatoms. The van der Waals surface area contributed by atoms with Crippen LogP contribution in [0.2, 0.25) is 0 Å². The Morgan fingerprint density at radius 2 is 1.69 bits per heavy atom. The molecule has 6 aliphatic rings. The van der Waals surface area contributed by atoms with Crippen molar-refractivity contribution in [2.24, 2.45) is 15.7 Å². The van der Waals surface area contributed by atoms with Crippen molar-refractivity contribution in [1.82, 2.24) is 29.5 Å². The Morgan fingerprint density at radius 3 is 2.44 bits per heavy atom. The van der Waals surface area contributed by atoms with Crippen LogP contribution in [-0.4, -0.2) is 118 Å². The lowest BCUT2D eigenvalue weighted by Crippen LogP contribution is -2.54. The van der Waals surface area contributed by atoms with Gasteiger partial charge in [-0.1, -0.05) is 24.3 Å². The highest BCUT2D eigenvalue weighted by atomic mass is 32.2. The number of rotatable bonds is 14. The lowest BCUT2D eigenvalue weighted by Gasteiger charge is -2.56. The summed E-state index contributed by atoms with van der Waals surface area (Å²) in [4.78, 5) is 44.2. The minimum atomic E-state index is -4.64. The molecular formula is C52H64N10O7S2. The summed E-state index contributed by atoms with van der Waals surface area (Å²) >= 11 is 0. The van der Waals surface area contributed by atoms with Crippen molar-refractivity contribution in [2.45, 2.75) is 106 Å². The lowest BCUT2D eigenvalue weighted by molar-refractivity contribution is -0.384. The zero-order valence-electron chi connectivity index (χ0n) is 40.3. The Morgan fingerprint density at radius 1 is 0.930 bits per heavy atom. The number of nitrogens with one attached hydrogen (secondary N) is 3. The van der Waals surface area contributed by atoms with Crippen LogP contribution in [0.3, 0.4) is 0 Å². The number of likely N-dealkylation sites (tertiary alicyclic amines) is 1. The topological polar surface area (TPSA) is 208 Å². The Kier molecular flexibility index (Phi) is 13.0. The molecule has 1 spiro atoms. The zero-order chi connectivity index (χ0) is 48.9. The van der Waals surface area contributed by atoms with Gasteiger partial charge in [-0.25, -0.2) is 31.7 Å². The monoisotopic (exact) mass is 1000 g/mol. The second kappa shape index (κ2) is 19.4. The predicted molar refractivity (Wildman–Crippen MR) is 274 cm³/mol. The molecule has 71 heavy (non-hydrogen) atoms. The van der Waals surface area contributed by atoms with Crippen molar-refractivity contribution in [1.29, 1.82) is 0 Å². The molecule has 376 valence electrons. The normalized spacial score (nSPS) is 23.8. The third-order valence-electron chi connectivity index (χ3n) is 16.4. The Labute approximate surface area is 415 Å². The summed E-state index contributed by atoms with van der Waals surface area (Å²) in [7, 11) is -4.81. The number of amides is 1. The second-order valence-corrected chi connectivity index (χ2v) is 25.3. The van der Waals surface area contributed by atoms with Crippen LogP contribution in [0.5, 0.6) is 11.5 Å². The molecule has 3 saturated heterocycles. The van der Waals surface area contributed by atoms with Crippen LogP contribution in [0.15, 0.2) is 88.5 Å². The molecule has 0 bridgehead atoms. The number of nitrogens with zero attached hydrogens (tertiary/aromatic N) is 7. The summed E-state index contributed by atoms with van der Waals surface area (Å²) in [6.07, 6.45) is 17.1. The average Bonchev–Trinajstić information content (AvgIpc) is 3.90. The second-order valence-electron chi connectivity index (χ2n) is 21.1. The van der Waals surface area contributed by atoms with Crippen molar-refractivity contribution < 1.29 is 27.1 Å². The average molecular weight is 1010 g/mol. The maximum Gasteiger partial charge on any atom is 0.312 e. The van der Waals surface area contributed by atoms with E-state index in [1.54, 1.807) is 41.7 Å². The van der Waals surface area contributed by atoms with Gasteiger partial charge in [-0.05, 0) is 143 Å². The highest BCUT2D eigenvalue weighted by molar-refractivity contribution is 7.93. The van der Waals surface area contributed by atoms with Gasteiger partial charge in [0.2, 0.25) is 5.82 Å². The molecule has 0 unspecified atom stereocenters. The minimum absolute atomic E-state index is 0.0355. The van der Waals surface area contributed by atoms with E-state index in [0.717, 1.165) is 94.0 Å². The van der Waals surface area contributed by atoms with E-state index in [2.05, 4.69) is 64.0 Å². The van der Waals surface area contributed by atoms with Gasteiger partial charge in [0.15, 0.2) is 0 Å². The number of hydrogen-bond acceptors (Lipinski definition) is 14. The molecule has 0 radical (unpaired) electrons. The number of nitro groups is 1. The van der Waals surface area contributed by atoms with Gasteiger partial charge in [-0.2, -0.15) is 0 Å². The minimum Gasteiger partial charge on any atom is -0.455 e. The Bertz CT molecular complexity index is 3040. The first-order chi connectivity index (χ1) is 34.3. The van der Waals surface area contributed by atoms with Crippen LogP contribution in [0.4, 0.5) is 17.2 Å². The number of benzene rings is 2. The number of H-pyrrole nitrogens is 1. The molecule has 5 aromatic rings. The largest absolute Gasteiger partial charge is 0.455 e. The number of carbonyl (C=O) groups is 1. The van der Waals surface area contributed by atoms with E-state index >= 15 is 0 Å². The third kappa shape index (κ3) is 10.2. The summed E-state index contributed by atoms with van der Waals surface area (Å²) in [5, 5.41) is 16.2. The van der Waals surface area contributed by atoms with Crippen LogP contribution < -0.4 is 19.7 Å². The number of sulfonamides is 1. The third-order valence-corrected chi connectivity index (χ3v) is 20.0. The van der Waals surface area contributed by atoms with Gasteiger partial charge in [-0.3, -0.25) is 19.8 Å². The van der Waals surface area contributed by atoms with E-state index in [1.807, 2.05) is 19.2 Å². The van der Waals surface area contributed by atoms with Crippen molar-refractivity contribution in [2.75, 3.05) is 68.0 Å². The van der Waals surface area contributed by atoms with Crippen LogP contribution in [0.1, 0.15) is 110 Å². The highest BCUT2D eigenvalue weighted by Crippen LogP contribution is 2.55. The molecule has 3 N–H and O–H groups in total. The van der Waals surface area contributed by atoms with Crippen molar-refractivity contribution in [3.63, 3.8) is 0 Å². The van der Waals surface area contributed by atoms with Crippen LogP contribution in [0, 0.1) is 21.4 Å². The first kappa shape index (κ1) is 47.7. The van der Waals surface area contributed by atoms with Gasteiger partial charge in [0.05, 0.1) is 28.9 Å². The number of pyridine rings is 2. The van der Waals surface area contributed by atoms with Gasteiger partial charge in [0.25, 0.3) is 15.9 Å².